The summed E-state index contributed by atoms with van der Waals surface area (Å²) in [6.45, 7) is 11.8. The Hall–Kier alpha value is -1.28. The molecule has 1 aliphatic rings. The van der Waals surface area contributed by atoms with Crippen molar-refractivity contribution in [3.05, 3.63) is 46.7 Å². The lowest BCUT2D eigenvalue weighted by atomic mass is 9.87. The summed E-state index contributed by atoms with van der Waals surface area (Å²) in [5, 5.41) is 4.16. The molecule has 114 valence electrons. The summed E-state index contributed by atoms with van der Waals surface area (Å²) in [5.41, 5.74) is 5.34. The third-order valence-electron chi connectivity index (χ3n) is 3.94. The van der Waals surface area contributed by atoms with Crippen molar-refractivity contribution in [3.63, 3.8) is 0 Å². The number of benzene rings is 1. The van der Waals surface area contributed by atoms with Crippen LogP contribution in [0.1, 0.15) is 50.3 Å². The van der Waals surface area contributed by atoms with Crippen molar-refractivity contribution in [2.24, 2.45) is 4.99 Å². The first kappa shape index (κ1) is 16.1. The van der Waals surface area contributed by atoms with Crippen molar-refractivity contribution in [2.75, 3.05) is 6.54 Å². The van der Waals surface area contributed by atoms with Crippen LogP contribution in [0.3, 0.4) is 0 Å². The number of hydrogen-bond donors (Lipinski definition) is 1. The number of nitrogens with zero attached hydrogens (tertiary/aromatic N) is 1. The monoisotopic (exact) mass is 304 g/mol. The molecule has 0 bridgehead atoms. The van der Waals surface area contributed by atoms with Gasteiger partial charge in [-0.15, -0.1) is 0 Å². The maximum atomic E-state index is 5.91. The molecule has 3 heteroatoms. The number of hydrogen-bond acceptors (Lipinski definition) is 2. The SMILES string of the molecule is Cc1c(CC(C)(C)NC2=CC(Cl)=NC2)cccc1C(C)C. The van der Waals surface area contributed by atoms with Gasteiger partial charge in [-0.05, 0) is 55.9 Å². The van der Waals surface area contributed by atoms with Crippen molar-refractivity contribution in [1.29, 1.82) is 0 Å². The summed E-state index contributed by atoms with van der Waals surface area (Å²) >= 11 is 5.91. The van der Waals surface area contributed by atoms with E-state index in [4.69, 9.17) is 11.6 Å². The smallest absolute Gasteiger partial charge is 0.125 e. The molecular formula is C18H25ClN2. The molecule has 1 aromatic carbocycles. The van der Waals surface area contributed by atoms with E-state index in [2.05, 4.69) is 63.1 Å². The van der Waals surface area contributed by atoms with Crippen LogP contribution >= 0.6 is 11.6 Å². The average molecular weight is 305 g/mol. The molecule has 0 spiro atoms. The Balaban J connectivity index is 2.13. The van der Waals surface area contributed by atoms with Crippen LogP contribution in [0.25, 0.3) is 0 Å². The summed E-state index contributed by atoms with van der Waals surface area (Å²) in [7, 11) is 0. The van der Waals surface area contributed by atoms with Crippen LogP contribution in [-0.2, 0) is 6.42 Å². The third-order valence-corrected chi connectivity index (χ3v) is 4.16. The molecule has 0 aliphatic carbocycles. The normalized spacial score (nSPS) is 15.2. The fraction of sp³-hybridized carbons (Fsp3) is 0.500. The summed E-state index contributed by atoms with van der Waals surface area (Å²) in [6, 6.07) is 6.64. The second-order valence-corrected chi connectivity index (χ2v) is 7.17. The van der Waals surface area contributed by atoms with E-state index in [0.717, 1.165) is 12.1 Å². The Morgan fingerprint density at radius 2 is 2.05 bits per heavy atom. The lowest BCUT2D eigenvalue weighted by molar-refractivity contribution is 0.423. The van der Waals surface area contributed by atoms with Gasteiger partial charge in [0.05, 0.1) is 6.54 Å². The standard InChI is InChI=1S/C18H25ClN2/c1-12(2)16-8-6-7-14(13(16)3)10-18(4,5)21-15-9-17(19)20-11-15/h6-9,12,21H,10-11H2,1-5H3. The molecule has 0 aromatic heterocycles. The maximum absolute atomic E-state index is 5.91. The molecule has 1 aliphatic heterocycles. The molecule has 21 heavy (non-hydrogen) atoms. The first-order chi connectivity index (χ1) is 9.78. The molecule has 0 fully saturated rings. The van der Waals surface area contributed by atoms with E-state index >= 15 is 0 Å². The molecule has 0 saturated carbocycles. The van der Waals surface area contributed by atoms with E-state index < -0.39 is 0 Å². The van der Waals surface area contributed by atoms with Crippen molar-refractivity contribution >= 4 is 16.8 Å². The first-order valence-electron chi connectivity index (χ1n) is 7.55. The topological polar surface area (TPSA) is 24.4 Å². The third kappa shape index (κ3) is 4.10. The van der Waals surface area contributed by atoms with Gasteiger partial charge in [-0.2, -0.15) is 0 Å². The van der Waals surface area contributed by atoms with Crippen LogP contribution in [0, 0.1) is 6.92 Å². The first-order valence-corrected chi connectivity index (χ1v) is 7.93. The highest BCUT2D eigenvalue weighted by atomic mass is 35.5. The molecular weight excluding hydrogens is 280 g/mol. The van der Waals surface area contributed by atoms with E-state index in [1.165, 1.54) is 16.7 Å². The van der Waals surface area contributed by atoms with E-state index in [0.29, 0.717) is 17.6 Å². The molecule has 2 nitrogen and oxygen atoms in total. The predicted octanol–water partition coefficient (Wildman–Crippen LogP) is 4.56. The van der Waals surface area contributed by atoms with Gasteiger partial charge in [0.25, 0.3) is 0 Å². The van der Waals surface area contributed by atoms with E-state index in [-0.39, 0.29) is 5.54 Å². The van der Waals surface area contributed by atoms with Crippen LogP contribution in [0.5, 0.6) is 0 Å². The Kier molecular flexibility index (Phi) is 4.77. The van der Waals surface area contributed by atoms with Gasteiger partial charge in [-0.1, -0.05) is 43.6 Å². The maximum Gasteiger partial charge on any atom is 0.125 e. The van der Waals surface area contributed by atoms with Crippen LogP contribution in [0.4, 0.5) is 0 Å². The molecule has 0 amide bonds. The zero-order chi connectivity index (χ0) is 15.6. The van der Waals surface area contributed by atoms with Gasteiger partial charge in [0, 0.05) is 11.2 Å². The van der Waals surface area contributed by atoms with Gasteiger partial charge in [0.15, 0.2) is 0 Å². The van der Waals surface area contributed by atoms with Crippen LogP contribution < -0.4 is 5.32 Å². The molecule has 2 rings (SSSR count). The second kappa shape index (κ2) is 6.23. The summed E-state index contributed by atoms with van der Waals surface area (Å²) in [5.74, 6) is 0.561. The van der Waals surface area contributed by atoms with Crippen molar-refractivity contribution < 1.29 is 0 Å². The van der Waals surface area contributed by atoms with Crippen molar-refractivity contribution in [1.82, 2.24) is 5.32 Å². The van der Waals surface area contributed by atoms with Gasteiger partial charge in [0.1, 0.15) is 5.17 Å². The molecule has 0 radical (unpaired) electrons. The minimum absolute atomic E-state index is 0.0246. The molecule has 1 N–H and O–H groups in total. The van der Waals surface area contributed by atoms with Crippen LogP contribution in [0.2, 0.25) is 0 Å². The van der Waals surface area contributed by atoms with Gasteiger partial charge in [0.2, 0.25) is 0 Å². The zero-order valence-electron chi connectivity index (χ0n) is 13.6. The van der Waals surface area contributed by atoms with Gasteiger partial charge >= 0.3 is 0 Å². The molecule has 0 saturated heterocycles. The van der Waals surface area contributed by atoms with Crippen LogP contribution in [-0.4, -0.2) is 17.3 Å². The van der Waals surface area contributed by atoms with E-state index in [1.54, 1.807) is 0 Å². The summed E-state index contributed by atoms with van der Waals surface area (Å²) < 4.78 is 0. The zero-order valence-corrected chi connectivity index (χ0v) is 14.4. The fourth-order valence-electron chi connectivity index (χ4n) is 2.95. The number of allylic oxidation sites excluding steroid dienone is 1. The molecule has 1 heterocycles. The fourth-order valence-corrected chi connectivity index (χ4v) is 3.14. The minimum Gasteiger partial charge on any atom is -0.382 e. The summed E-state index contributed by atoms with van der Waals surface area (Å²) in [6.07, 6.45) is 2.90. The number of aliphatic imine (C=N–C) groups is 1. The quantitative estimate of drug-likeness (QED) is 0.847. The molecule has 0 atom stereocenters. The number of nitrogens with one attached hydrogen (secondary N) is 1. The summed E-state index contributed by atoms with van der Waals surface area (Å²) in [4.78, 5) is 4.19. The molecule has 0 unspecified atom stereocenters. The highest BCUT2D eigenvalue weighted by Gasteiger charge is 2.22. The van der Waals surface area contributed by atoms with E-state index in [9.17, 15) is 0 Å². The lowest BCUT2D eigenvalue weighted by Crippen LogP contribution is -2.41. The lowest BCUT2D eigenvalue weighted by Gasteiger charge is -2.29. The molecule has 1 aromatic rings. The largest absolute Gasteiger partial charge is 0.382 e. The van der Waals surface area contributed by atoms with Crippen LogP contribution in [0.15, 0.2) is 35.0 Å². The Labute approximate surface area is 133 Å². The van der Waals surface area contributed by atoms with Gasteiger partial charge in [-0.3, -0.25) is 4.99 Å². The Bertz CT molecular complexity index is 583. The van der Waals surface area contributed by atoms with Crippen molar-refractivity contribution in [2.45, 2.75) is 52.5 Å². The highest BCUT2D eigenvalue weighted by molar-refractivity contribution is 6.68. The second-order valence-electron chi connectivity index (χ2n) is 6.78. The van der Waals surface area contributed by atoms with Crippen molar-refractivity contribution in [3.8, 4) is 0 Å². The van der Waals surface area contributed by atoms with E-state index in [1.807, 2.05) is 6.08 Å². The van der Waals surface area contributed by atoms with Gasteiger partial charge in [-0.25, -0.2) is 0 Å². The number of rotatable bonds is 5. The number of halogens is 1. The average Bonchev–Trinajstić information content (AvgIpc) is 2.76. The predicted molar refractivity (Wildman–Crippen MR) is 92.4 cm³/mol. The highest BCUT2D eigenvalue weighted by Crippen LogP contribution is 2.25. The Morgan fingerprint density at radius 1 is 1.33 bits per heavy atom. The minimum atomic E-state index is -0.0246. The van der Waals surface area contributed by atoms with Gasteiger partial charge < -0.3 is 5.32 Å². The Morgan fingerprint density at radius 3 is 2.62 bits per heavy atom.